The molecule has 0 radical (unpaired) electrons. The van der Waals surface area contributed by atoms with Crippen LogP contribution in [0, 0.1) is 0 Å². The first-order valence-corrected chi connectivity index (χ1v) is 7.54. The van der Waals surface area contributed by atoms with Crippen LogP contribution in [0.1, 0.15) is 39.9 Å². The molecule has 106 valence electrons. The summed E-state index contributed by atoms with van der Waals surface area (Å²) in [6.07, 6.45) is 3.50. The van der Waals surface area contributed by atoms with Crippen LogP contribution in [0.25, 0.3) is 0 Å². The lowest BCUT2D eigenvalue weighted by Gasteiger charge is -2.06. The van der Waals surface area contributed by atoms with E-state index >= 15 is 0 Å². The molecular formula is C16H18O3S. The summed E-state index contributed by atoms with van der Waals surface area (Å²) >= 11 is 1.25. The molecule has 0 spiro atoms. The third kappa shape index (κ3) is 4.10. The van der Waals surface area contributed by atoms with Crippen molar-refractivity contribution in [2.45, 2.75) is 32.8 Å². The number of unbranched alkanes of at least 4 members (excludes halogenated alkanes) is 1. The van der Waals surface area contributed by atoms with Crippen LogP contribution < -0.4 is 4.74 Å². The van der Waals surface area contributed by atoms with Crippen LogP contribution in [0.3, 0.4) is 0 Å². The van der Waals surface area contributed by atoms with Gasteiger partial charge in [0.25, 0.3) is 0 Å². The van der Waals surface area contributed by atoms with Crippen molar-refractivity contribution >= 4 is 17.3 Å². The molecule has 2 aromatic rings. The van der Waals surface area contributed by atoms with Crippen LogP contribution in [0.2, 0.25) is 0 Å². The smallest absolute Gasteiger partial charge is 0.345 e. The molecule has 0 atom stereocenters. The van der Waals surface area contributed by atoms with Gasteiger partial charge in [-0.05, 0) is 42.7 Å². The van der Waals surface area contributed by atoms with Crippen molar-refractivity contribution in [2.75, 3.05) is 0 Å². The molecule has 0 aliphatic rings. The summed E-state index contributed by atoms with van der Waals surface area (Å²) in [4.78, 5) is 12.0. The Morgan fingerprint density at radius 1 is 1.20 bits per heavy atom. The number of carboxylic acids is 1. The third-order valence-corrected chi connectivity index (χ3v) is 4.04. The molecule has 0 fully saturated rings. The number of carboxylic acid groups (broad SMARTS) is 1. The maximum atomic E-state index is 10.8. The van der Waals surface area contributed by atoms with E-state index in [4.69, 9.17) is 9.84 Å². The average Bonchev–Trinajstić information content (AvgIpc) is 2.93. The van der Waals surface area contributed by atoms with Gasteiger partial charge >= 0.3 is 5.97 Å². The summed E-state index contributed by atoms with van der Waals surface area (Å²) in [5, 5.41) is 8.85. The first-order valence-electron chi connectivity index (χ1n) is 6.73. The second kappa shape index (κ2) is 7.10. The molecule has 2 rings (SSSR count). The van der Waals surface area contributed by atoms with Gasteiger partial charge in [-0.25, -0.2) is 4.79 Å². The van der Waals surface area contributed by atoms with Gasteiger partial charge in [0.1, 0.15) is 17.2 Å². The third-order valence-electron chi connectivity index (χ3n) is 3.00. The van der Waals surface area contributed by atoms with Crippen molar-refractivity contribution in [1.29, 1.82) is 0 Å². The van der Waals surface area contributed by atoms with Crippen molar-refractivity contribution in [1.82, 2.24) is 0 Å². The maximum Gasteiger partial charge on any atom is 0.345 e. The lowest BCUT2D eigenvalue weighted by atomic mass is 10.1. The molecule has 0 saturated heterocycles. The van der Waals surface area contributed by atoms with E-state index in [-0.39, 0.29) is 0 Å². The van der Waals surface area contributed by atoms with Gasteiger partial charge in [-0.1, -0.05) is 25.5 Å². The van der Waals surface area contributed by atoms with E-state index in [1.54, 1.807) is 12.1 Å². The molecule has 1 N–H and O–H groups in total. The fourth-order valence-electron chi connectivity index (χ4n) is 1.86. The summed E-state index contributed by atoms with van der Waals surface area (Å²) < 4.78 is 5.66. The minimum Gasteiger partial charge on any atom is -0.488 e. The highest BCUT2D eigenvalue weighted by atomic mass is 32.1. The highest BCUT2D eigenvalue weighted by Crippen LogP contribution is 2.20. The first kappa shape index (κ1) is 14.6. The van der Waals surface area contributed by atoms with Crippen molar-refractivity contribution in [2.24, 2.45) is 0 Å². The Morgan fingerprint density at radius 3 is 2.55 bits per heavy atom. The zero-order valence-electron chi connectivity index (χ0n) is 11.5. The van der Waals surface area contributed by atoms with E-state index in [2.05, 4.69) is 19.1 Å². The number of hydrogen-bond donors (Lipinski definition) is 1. The minimum atomic E-state index is -0.887. The van der Waals surface area contributed by atoms with Gasteiger partial charge < -0.3 is 9.84 Å². The summed E-state index contributed by atoms with van der Waals surface area (Å²) in [6, 6.07) is 11.5. The number of carbonyl (C=O) groups is 1. The molecule has 0 saturated carbocycles. The number of aromatic carboxylic acids is 1. The molecule has 0 aliphatic heterocycles. The van der Waals surface area contributed by atoms with Crippen molar-refractivity contribution in [3.05, 3.63) is 51.7 Å². The van der Waals surface area contributed by atoms with Crippen LogP contribution in [0.5, 0.6) is 5.75 Å². The second-order valence-corrected chi connectivity index (χ2v) is 5.78. The van der Waals surface area contributed by atoms with Gasteiger partial charge in [-0.2, -0.15) is 0 Å². The van der Waals surface area contributed by atoms with Crippen LogP contribution in [0.4, 0.5) is 0 Å². The second-order valence-electron chi connectivity index (χ2n) is 4.61. The van der Waals surface area contributed by atoms with Crippen molar-refractivity contribution in [3.63, 3.8) is 0 Å². The zero-order valence-corrected chi connectivity index (χ0v) is 12.3. The van der Waals surface area contributed by atoms with Crippen molar-refractivity contribution in [3.8, 4) is 5.75 Å². The Bertz CT molecular complexity index is 557. The molecule has 4 heteroatoms. The number of aryl methyl sites for hydroxylation is 1. The van der Waals surface area contributed by atoms with Gasteiger partial charge in [0.2, 0.25) is 0 Å². The van der Waals surface area contributed by atoms with Gasteiger partial charge in [0.05, 0.1) is 0 Å². The van der Waals surface area contributed by atoms with Gasteiger partial charge in [0.15, 0.2) is 0 Å². The molecule has 1 heterocycles. The summed E-state index contributed by atoms with van der Waals surface area (Å²) in [6.45, 7) is 2.59. The van der Waals surface area contributed by atoms with E-state index < -0.39 is 5.97 Å². The highest BCUT2D eigenvalue weighted by Gasteiger charge is 2.07. The molecule has 0 aliphatic carbocycles. The van der Waals surface area contributed by atoms with E-state index in [0.717, 1.165) is 17.0 Å². The zero-order chi connectivity index (χ0) is 14.4. The van der Waals surface area contributed by atoms with Crippen molar-refractivity contribution < 1.29 is 14.6 Å². The molecule has 0 amide bonds. The number of benzene rings is 1. The maximum absolute atomic E-state index is 10.8. The molecule has 1 aromatic heterocycles. The standard InChI is InChI=1S/C16H18O3S/c1-2-3-4-12-5-7-13(8-6-12)19-11-14-9-10-15(20-14)16(17)18/h5-10H,2-4,11H2,1H3,(H,17,18). The minimum absolute atomic E-state index is 0.346. The lowest BCUT2D eigenvalue weighted by Crippen LogP contribution is -1.93. The Labute approximate surface area is 122 Å². The molecule has 1 aromatic carbocycles. The fraction of sp³-hybridized carbons (Fsp3) is 0.312. The number of rotatable bonds is 7. The number of thiophene rings is 1. The average molecular weight is 290 g/mol. The first-order chi connectivity index (χ1) is 9.69. The summed E-state index contributed by atoms with van der Waals surface area (Å²) in [7, 11) is 0. The van der Waals surface area contributed by atoms with Gasteiger partial charge in [0, 0.05) is 4.88 Å². The van der Waals surface area contributed by atoms with Gasteiger partial charge in [-0.3, -0.25) is 0 Å². The molecule has 20 heavy (non-hydrogen) atoms. The Balaban J connectivity index is 1.88. The van der Waals surface area contributed by atoms with E-state index in [9.17, 15) is 4.79 Å². The molecule has 0 bridgehead atoms. The van der Waals surface area contributed by atoms with E-state index in [1.165, 1.54) is 29.7 Å². The Morgan fingerprint density at radius 2 is 1.95 bits per heavy atom. The molecule has 3 nitrogen and oxygen atoms in total. The topological polar surface area (TPSA) is 46.5 Å². The largest absolute Gasteiger partial charge is 0.488 e. The summed E-state index contributed by atoms with van der Waals surface area (Å²) in [5.41, 5.74) is 1.32. The fourth-order valence-corrected chi connectivity index (χ4v) is 2.62. The quantitative estimate of drug-likeness (QED) is 0.823. The van der Waals surface area contributed by atoms with E-state index in [1.807, 2.05) is 12.1 Å². The predicted octanol–water partition coefficient (Wildman–Crippen LogP) is 4.37. The van der Waals surface area contributed by atoms with E-state index in [0.29, 0.717) is 11.5 Å². The SMILES string of the molecule is CCCCc1ccc(OCc2ccc(C(=O)O)s2)cc1. The van der Waals surface area contributed by atoms with Crippen LogP contribution in [-0.2, 0) is 13.0 Å². The normalized spacial score (nSPS) is 10.4. The Hall–Kier alpha value is -1.81. The highest BCUT2D eigenvalue weighted by molar-refractivity contribution is 7.13. The monoisotopic (exact) mass is 290 g/mol. The van der Waals surface area contributed by atoms with Crippen LogP contribution >= 0.6 is 11.3 Å². The molecule has 0 unspecified atom stereocenters. The lowest BCUT2D eigenvalue weighted by molar-refractivity contribution is 0.0702. The van der Waals surface area contributed by atoms with Crippen LogP contribution in [0.15, 0.2) is 36.4 Å². The Kier molecular flexibility index (Phi) is 5.18. The van der Waals surface area contributed by atoms with Crippen LogP contribution in [-0.4, -0.2) is 11.1 Å². The predicted molar refractivity (Wildman–Crippen MR) is 80.7 cm³/mol. The number of ether oxygens (including phenoxy) is 1. The molecular weight excluding hydrogens is 272 g/mol. The van der Waals surface area contributed by atoms with Gasteiger partial charge in [-0.15, -0.1) is 11.3 Å². The summed E-state index contributed by atoms with van der Waals surface area (Å²) in [5.74, 6) is -0.0722. The number of hydrogen-bond acceptors (Lipinski definition) is 3.